The van der Waals surface area contributed by atoms with Gasteiger partial charge < -0.3 is 14.2 Å². The number of benzene rings is 1. The fourth-order valence-corrected chi connectivity index (χ4v) is 2.62. The Bertz CT molecular complexity index is 651. The van der Waals surface area contributed by atoms with E-state index in [0.717, 1.165) is 5.76 Å². The maximum Gasteiger partial charge on any atom is 0.167 e. The average Bonchev–Trinajstić information content (AvgIpc) is 3.46. The van der Waals surface area contributed by atoms with Gasteiger partial charge in [-0.05, 0) is 55.5 Å². The molecule has 0 aromatic heterocycles. The van der Waals surface area contributed by atoms with Gasteiger partial charge >= 0.3 is 0 Å². The number of Topliss-reactive ketones (excluding diaryl/α,β-unsaturated/α-hetero) is 1. The summed E-state index contributed by atoms with van der Waals surface area (Å²) >= 11 is 0. The molecule has 2 rings (SSSR count). The summed E-state index contributed by atoms with van der Waals surface area (Å²) in [6.45, 7) is 5.35. The summed E-state index contributed by atoms with van der Waals surface area (Å²) in [6, 6.07) is 7.93. The lowest BCUT2D eigenvalue weighted by Crippen LogP contribution is -2.06. The van der Waals surface area contributed by atoms with Crippen LogP contribution in [-0.4, -0.2) is 26.6 Å². The Morgan fingerprint density at radius 2 is 1.84 bits per heavy atom. The topological polar surface area (TPSA) is 44.8 Å². The average molecular weight is 342 g/mol. The van der Waals surface area contributed by atoms with Crippen LogP contribution >= 0.6 is 0 Å². The van der Waals surface area contributed by atoms with Crippen LogP contribution in [0.4, 0.5) is 0 Å². The van der Waals surface area contributed by atoms with Crippen LogP contribution < -0.4 is 4.74 Å². The maximum absolute atomic E-state index is 11.0. The van der Waals surface area contributed by atoms with Crippen LogP contribution in [0.5, 0.6) is 5.75 Å². The minimum Gasteiger partial charge on any atom is -0.497 e. The van der Waals surface area contributed by atoms with Crippen molar-refractivity contribution in [2.45, 2.75) is 25.7 Å². The second kappa shape index (κ2) is 9.11. The van der Waals surface area contributed by atoms with Crippen molar-refractivity contribution in [2.75, 3.05) is 20.8 Å². The molecular formula is C21H26O4. The van der Waals surface area contributed by atoms with Crippen molar-refractivity contribution in [1.82, 2.24) is 0 Å². The normalized spacial score (nSPS) is 16.1. The number of rotatable bonds is 10. The molecule has 4 nitrogen and oxygen atoms in total. The largest absolute Gasteiger partial charge is 0.497 e. The van der Waals surface area contributed by atoms with Gasteiger partial charge in [-0.1, -0.05) is 18.7 Å². The zero-order valence-electron chi connectivity index (χ0n) is 15.2. The molecule has 0 aliphatic heterocycles. The minimum absolute atomic E-state index is 0.00977. The van der Waals surface area contributed by atoms with E-state index in [1.54, 1.807) is 20.3 Å². The van der Waals surface area contributed by atoms with Crippen molar-refractivity contribution in [3.05, 3.63) is 66.2 Å². The quantitative estimate of drug-likeness (QED) is 0.467. The first kappa shape index (κ1) is 18.8. The Morgan fingerprint density at radius 1 is 1.20 bits per heavy atom. The van der Waals surface area contributed by atoms with Gasteiger partial charge in [0.05, 0.1) is 14.2 Å². The van der Waals surface area contributed by atoms with E-state index >= 15 is 0 Å². The SMILES string of the molecule is C=C/C(=C\C(=C\C(c1ccc(OCC(C)=O)cc1)C1CC1)OC)OC. The van der Waals surface area contributed by atoms with Gasteiger partial charge in [-0.2, -0.15) is 0 Å². The van der Waals surface area contributed by atoms with Crippen LogP contribution in [0.25, 0.3) is 0 Å². The molecule has 0 saturated heterocycles. The molecule has 0 radical (unpaired) electrons. The molecule has 1 saturated carbocycles. The molecule has 1 aromatic rings. The molecule has 25 heavy (non-hydrogen) atoms. The van der Waals surface area contributed by atoms with Gasteiger partial charge in [0.2, 0.25) is 0 Å². The van der Waals surface area contributed by atoms with E-state index in [1.807, 2.05) is 18.2 Å². The third kappa shape index (κ3) is 5.82. The van der Waals surface area contributed by atoms with E-state index in [-0.39, 0.29) is 18.3 Å². The lowest BCUT2D eigenvalue weighted by Gasteiger charge is -2.15. The van der Waals surface area contributed by atoms with Gasteiger partial charge in [-0.25, -0.2) is 0 Å². The fraction of sp³-hybridized carbons (Fsp3) is 0.381. The molecule has 134 valence electrons. The van der Waals surface area contributed by atoms with Crippen LogP contribution in [-0.2, 0) is 14.3 Å². The third-order valence-corrected chi connectivity index (χ3v) is 4.14. The highest BCUT2D eigenvalue weighted by atomic mass is 16.5. The zero-order valence-corrected chi connectivity index (χ0v) is 15.2. The first-order valence-corrected chi connectivity index (χ1v) is 8.43. The predicted molar refractivity (Wildman–Crippen MR) is 98.5 cm³/mol. The van der Waals surface area contributed by atoms with E-state index < -0.39 is 0 Å². The van der Waals surface area contributed by atoms with E-state index in [1.165, 1.54) is 25.3 Å². The molecule has 4 heteroatoms. The van der Waals surface area contributed by atoms with Crippen LogP contribution in [0, 0.1) is 5.92 Å². The van der Waals surface area contributed by atoms with Crippen LogP contribution in [0.1, 0.15) is 31.2 Å². The molecule has 1 atom stereocenters. The molecule has 0 spiro atoms. The van der Waals surface area contributed by atoms with Crippen molar-refractivity contribution in [2.24, 2.45) is 5.92 Å². The number of ether oxygens (including phenoxy) is 3. The molecule has 1 aromatic carbocycles. The highest BCUT2D eigenvalue weighted by molar-refractivity contribution is 5.77. The number of ketones is 1. The van der Waals surface area contributed by atoms with Gasteiger partial charge in [-0.3, -0.25) is 4.79 Å². The molecule has 0 heterocycles. The summed E-state index contributed by atoms with van der Waals surface area (Å²) in [7, 11) is 3.26. The molecule has 1 fully saturated rings. The van der Waals surface area contributed by atoms with Gasteiger partial charge in [0.15, 0.2) is 5.78 Å². The standard InChI is InChI=1S/C21H26O4/c1-5-18(23-3)12-20(24-4)13-21(16-6-7-16)17-8-10-19(11-9-17)25-14-15(2)22/h5,8-13,16,21H,1,6-7,14H2,2-4H3/b18-12+,20-13-. The minimum atomic E-state index is 0.00977. The molecular weight excluding hydrogens is 316 g/mol. The van der Waals surface area contributed by atoms with Crippen molar-refractivity contribution < 1.29 is 19.0 Å². The summed E-state index contributed by atoms with van der Waals surface area (Å²) in [5.74, 6) is 3.03. The van der Waals surface area contributed by atoms with E-state index in [2.05, 4.69) is 24.8 Å². The number of methoxy groups -OCH3 is 2. The summed E-state index contributed by atoms with van der Waals surface area (Å²) in [6.07, 6.45) is 8.05. The first-order valence-electron chi connectivity index (χ1n) is 8.43. The number of carbonyl (C=O) groups is 1. The molecule has 0 N–H and O–H groups in total. The Labute approximate surface area is 149 Å². The number of carbonyl (C=O) groups excluding carboxylic acids is 1. The summed E-state index contributed by atoms with van der Waals surface area (Å²) in [5.41, 5.74) is 1.21. The number of hydrogen-bond donors (Lipinski definition) is 0. The number of hydrogen-bond acceptors (Lipinski definition) is 4. The Balaban J connectivity index is 2.19. The van der Waals surface area contributed by atoms with Crippen LogP contribution in [0.3, 0.4) is 0 Å². The second-order valence-electron chi connectivity index (χ2n) is 6.15. The molecule has 1 unspecified atom stereocenters. The highest BCUT2D eigenvalue weighted by Gasteiger charge is 2.31. The lowest BCUT2D eigenvalue weighted by molar-refractivity contribution is -0.118. The predicted octanol–water partition coefficient (Wildman–Crippen LogP) is 4.39. The lowest BCUT2D eigenvalue weighted by atomic mass is 9.93. The first-order chi connectivity index (χ1) is 12.1. The Kier molecular flexibility index (Phi) is 6.87. The summed E-state index contributed by atoms with van der Waals surface area (Å²) < 4.78 is 16.2. The second-order valence-corrected chi connectivity index (χ2v) is 6.15. The zero-order chi connectivity index (χ0) is 18.2. The fourth-order valence-electron chi connectivity index (χ4n) is 2.62. The van der Waals surface area contributed by atoms with E-state index in [4.69, 9.17) is 14.2 Å². The number of allylic oxidation sites excluding steroid dienone is 3. The van der Waals surface area contributed by atoms with Gasteiger partial charge in [0.25, 0.3) is 0 Å². The Hall–Kier alpha value is -2.49. The van der Waals surface area contributed by atoms with Crippen molar-refractivity contribution in [1.29, 1.82) is 0 Å². The van der Waals surface area contributed by atoms with E-state index in [0.29, 0.717) is 17.4 Å². The van der Waals surface area contributed by atoms with Crippen LogP contribution in [0.15, 0.2) is 60.6 Å². The monoisotopic (exact) mass is 342 g/mol. The smallest absolute Gasteiger partial charge is 0.167 e. The Morgan fingerprint density at radius 3 is 2.32 bits per heavy atom. The van der Waals surface area contributed by atoms with Crippen LogP contribution in [0.2, 0.25) is 0 Å². The molecule has 0 amide bonds. The maximum atomic E-state index is 11.0. The van der Waals surface area contributed by atoms with Gasteiger partial charge in [-0.15, -0.1) is 0 Å². The van der Waals surface area contributed by atoms with Crippen molar-refractivity contribution >= 4 is 5.78 Å². The third-order valence-electron chi connectivity index (χ3n) is 4.14. The van der Waals surface area contributed by atoms with Gasteiger partial charge in [0.1, 0.15) is 23.9 Å². The summed E-state index contributed by atoms with van der Waals surface area (Å²) in [5, 5.41) is 0. The summed E-state index contributed by atoms with van der Waals surface area (Å²) in [4.78, 5) is 11.0. The van der Waals surface area contributed by atoms with Crippen molar-refractivity contribution in [3.8, 4) is 5.75 Å². The molecule has 0 bridgehead atoms. The highest BCUT2D eigenvalue weighted by Crippen LogP contribution is 2.44. The molecule has 1 aliphatic rings. The van der Waals surface area contributed by atoms with Crippen molar-refractivity contribution in [3.63, 3.8) is 0 Å². The molecule has 1 aliphatic carbocycles. The van der Waals surface area contributed by atoms with Gasteiger partial charge in [0, 0.05) is 12.0 Å². The van der Waals surface area contributed by atoms with E-state index in [9.17, 15) is 4.79 Å².